The zero-order valence-corrected chi connectivity index (χ0v) is 14.8. The Morgan fingerprint density at radius 1 is 1.08 bits per heavy atom. The van der Waals surface area contributed by atoms with Crippen molar-refractivity contribution in [2.75, 3.05) is 16.8 Å². The Bertz CT molecular complexity index is 781. The van der Waals surface area contributed by atoms with Gasteiger partial charge in [0.2, 0.25) is 5.91 Å². The number of amides is 2. The van der Waals surface area contributed by atoms with E-state index < -0.39 is 0 Å². The van der Waals surface area contributed by atoms with Crippen molar-refractivity contribution in [3.05, 3.63) is 59.7 Å². The molecular formula is C21H24N2O2. The molecule has 0 aliphatic carbocycles. The van der Waals surface area contributed by atoms with Gasteiger partial charge in [0.1, 0.15) is 0 Å². The molecule has 1 heterocycles. The highest BCUT2D eigenvalue weighted by molar-refractivity contribution is 6.08. The first-order valence-electron chi connectivity index (χ1n) is 8.94. The van der Waals surface area contributed by atoms with Crippen LogP contribution >= 0.6 is 0 Å². The molecule has 0 radical (unpaired) electrons. The van der Waals surface area contributed by atoms with E-state index in [1.165, 1.54) is 5.56 Å². The molecular weight excluding hydrogens is 312 g/mol. The lowest BCUT2D eigenvalue weighted by Crippen LogP contribution is -2.29. The Morgan fingerprint density at radius 2 is 1.84 bits per heavy atom. The summed E-state index contributed by atoms with van der Waals surface area (Å²) in [5, 5.41) is 2.94. The molecule has 25 heavy (non-hydrogen) atoms. The van der Waals surface area contributed by atoms with Gasteiger partial charge in [-0.25, -0.2) is 0 Å². The zero-order chi connectivity index (χ0) is 17.8. The smallest absolute Gasteiger partial charge is 0.258 e. The second kappa shape index (κ2) is 7.51. The third-order valence-corrected chi connectivity index (χ3v) is 4.87. The molecule has 0 bridgehead atoms. The molecule has 2 amide bonds. The summed E-state index contributed by atoms with van der Waals surface area (Å²) < 4.78 is 0. The monoisotopic (exact) mass is 336 g/mol. The lowest BCUT2D eigenvalue weighted by molar-refractivity contribution is -0.120. The van der Waals surface area contributed by atoms with Gasteiger partial charge in [0.25, 0.3) is 5.91 Å². The minimum atomic E-state index is -0.0245. The highest BCUT2D eigenvalue weighted by atomic mass is 16.2. The van der Waals surface area contributed by atoms with E-state index in [9.17, 15) is 9.59 Å². The topological polar surface area (TPSA) is 49.4 Å². The average Bonchev–Trinajstić information content (AvgIpc) is 3.06. The van der Waals surface area contributed by atoms with Gasteiger partial charge in [-0.05, 0) is 49.1 Å². The third kappa shape index (κ3) is 3.58. The van der Waals surface area contributed by atoms with E-state index in [-0.39, 0.29) is 17.7 Å². The van der Waals surface area contributed by atoms with Crippen molar-refractivity contribution in [2.45, 2.75) is 33.1 Å². The first kappa shape index (κ1) is 17.2. The average molecular weight is 336 g/mol. The summed E-state index contributed by atoms with van der Waals surface area (Å²) in [4.78, 5) is 27.0. The molecule has 3 rings (SSSR count). The number of benzene rings is 2. The van der Waals surface area contributed by atoms with Gasteiger partial charge >= 0.3 is 0 Å². The van der Waals surface area contributed by atoms with Gasteiger partial charge in [0.15, 0.2) is 0 Å². The van der Waals surface area contributed by atoms with E-state index in [4.69, 9.17) is 0 Å². The maximum absolute atomic E-state index is 12.9. The van der Waals surface area contributed by atoms with Crippen LogP contribution in [-0.2, 0) is 11.2 Å². The van der Waals surface area contributed by atoms with Crippen molar-refractivity contribution in [3.8, 4) is 0 Å². The third-order valence-electron chi connectivity index (χ3n) is 4.87. The zero-order valence-electron chi connectivity index (χ0n) is 14.8. The highest BCUT2D eigenvalue weighted by Crippen LogP contribution is 2.29. The molecule has 0 saturated heterocycles. The summed E-state index contributed by atoms with van der Waals surface area (Å²) in [6.07, 6.45) is 2.50. The summed E-state index contributed by atoms with van der Waals surface area (Å²) in [6.45, 7) is 4.72. The van der Waals surface area contributed by atoms with Crippen molar-refractivity contribution < 1.29 is 9.59 Å². The minimum Gasteiger partial charge on any atom is -0.326 e. The molecule has 2 aromatic carbocycles. The molecule has 2 aromatic rings. The predicted molar refractivity (Wildman–Crippen MR) is 101 cm³/mol. The van der Waals surface area contributed by atoms with Crippen LogP contribution < -0.4 is 10.2 Å². The van der Waals surface area contributed by atoms with Crippen LogP contribution in [0, 0.1) is 5.92 Å². The molecule has 4 heteroatoms. The van der Waals surface area contributed by atoms with Crippen molar-refractivity contribution in [3.63, 3.8) is 0 Å². The predicted octanol–water partition coefficient (Wildman–Crippen LogP) is 4.26. The number of nitrogens with zero attached hydrogens (tertiary/aromatic N) is 1. The van der Waals surface area contributed by atoms with Gasteiger partial charge in [-0.1, -0.05) is 38.1 Å². The fourth-order valence-corrected chi connectivity index (χ4v) is 3.34. The minimum absolute atomic E-state index is 0.00446. The summed E-state index contributed by atoms with van der Waals surface area (Å²) in [6, 6.07) is 15.2. The van der Waals surface area contributed by atoms with Crippen molar-refractivity contribution in [2.24, 2.45) is 5.92 Å². The van der Waals surface area contributed by atoms with E-state index in [0.717, 1.165) is 24.9 Å². The van der Waals surface area contributed by atoms with Gasteiger partial charge in [0, 0.05) is 29.4 Å². The van der Waals surface area contributed by atoms with Crippen molar-refractivity contribution in [1.29, 1.82) is 0 Å². The van der Waals surface area contributed by atoms with E-state index in [1.807, 2.05) is 49.1 Å². The van der Waals surface area contributed by atoms with Crippen LogP contribution in [0.3, 0.4) is 0 Å². The maximum Gasteiger partial charge on any atom is 0.258 e. The molecule has 1 N–H and O–H groups in total. The summed E-state index contributed by atoms with van der Waals surface area (Å²) in [7, 11) is 0. The molecule has 130 valence electrons. The number of rotatable bonds is 5. The van der Waals surface area contributed by atoms with Crippen molar-refractivity contribution in [1.82, 2.24) is 0 Å². The number of anilines is 2. The van der Waals surface area contributed by atoms with Crippen molar-refractivity contribution >= 4 is 23.2 Å². The van der Waals surface area contributed by atoms with Crippen LogP contribution in [0.1, 0.15) is 42.6 Å². The van der Waals surface area contributed by atoms with E-state index in [2.05, 4.69) is 11.4 Å². The van der Waals surface area contributed by atoms with Gasteiger partial charge in [0.05, 0.1) is 0 Å². The van der Waals surface area contributed by atoms with E-state index >= 15 is 0 Å². The lowest BCUT2D eigenvalue weighted by Gasteiger charge is -2.18. The molecule has 0 atom stereocenters. The van der Waals surface area contributed by atoms with Gasteiger partial charge in [-0.2, -0.15) is 0 Å². The highest BCUT2D eigenvalue weighted by Gasteiger charge is 2.25. The summed E-state index contributed by atoms with van der Waals surface area (Å²) in [5.41, 5.74) is 3.46. The van der Waals surface area contributed by atoms with Crippen LogP contribution in [0.4, 0.5) is 11.4 Å². The Hall–Kier alpha value is -2.62. The standard InChI is InChI=1S/C21H24N2O2/c1-3-15(4-2)20(24)22-18-10-7-9-17(14-18)21(25)23-13-12-16-8-5-6-11-19(16)23/h5-11,14-15H,3-4,12-13H2,1-2H3,(H,22,24). The van der Waals surface area contributed by atoms with E-state index in [1.54, 1.807) is 12.1 Å². The number of hydrogen-bond donors (Lipinski definition) is 1. The van der Waals surface area contributed by atoms with Gasteiger partial charge in [-0.15, -0.1) is 0 Å². The van der Waals surface area contributed by atoms with Crippen LogP contribution in [-0.4, -0.2) is 18.4 Å². The first-order chi connectivity index (χ1) is 12.1. The molecule has 4 nitrogen and oxygen atoms in total. The first-order valence-corrected chi connectivity index (χ1v) is 8.94. The lowest BCUT2D eigenvalue weighted by atomic mass is 10.0. The number of hydrogen-bond acceptors (Lipinski definition) is 2. The fraction of sp³-hybridized carbons (Fsp3) is 0.333. The summed E-state index contributed by atoms with van der Waals surface area (Å²) in [5.74, 6) is -0.00508. The number of fused-ring (bicyclic) bond motifs is 1. The van der Waals surface area contributed by atoms with Gasteiger partial charge in [-0.3, -0.25) is 9.59 Å². The fourth-order valence-electron chi connectivity index (χ4n) is 3.34. The van der Waals surface area contributed by atoms with E-state index in [0.29, 0.717) is 17.8 Å². The maximum atomic E-state index is 12.9. The molecule has 1 aliphatic rings. The number of carbonyl (C=O) groups excluding carboxylic acids is 2. The normalized spacial score (nSPS) is 13.0. The van der Waals surface area contributed by atoms with Crippen LogP contribution in [0.25, 0.3) is 0 Å². The Labute approximate surface area is 148 Å². The van der Waals surface area contributed by atoms with Crippen LogP contribution in [0.5, 0.6) is 0 Å². The van der Waals surface area contributed by atoms with Crippen LogP contribution in [0.2, 0.25) is 0 Å². The molecule has 0 fully saturated rings. The second-order valence-corrected chi connectivity index (χ2v) is 6.42. The molecule has 0 spiro atoms. The van der Waals surface area contributed by atoms with Gasteiger partial charge < -0.3 is 10.2 Å². The Morgan fingerprint density at radius 3 is 2.60 bits per heavy atom. The quantitative estimate of drug-likeness (QED) is 0.887. The molecule has 0 unspecified atom stereocenters. The SMILES string of the molecule is CCC(CC)C(=O)Nc1cccc(C(=O)N2CCc3ccccc32)c1. The molecule has 0 aromatic heterocycles. The number of para-hydroxylation sites is 1. The Balaban J connectivity index is 1.78. The summed E-state index contributed by atoms with van der Waals surface area (Å²) >= 11 is 0. The largest absolute Gasteiger partial charge is 0.326 e. The number of nitrogens with one attached hydrogen (secondary N) is 1. The molecule has 0 saturated carbocycles. The number of carbonyl (C=O) groups is 2. The second-order valence-electron chi connectivity index (χ2n) is 6.42. The van der Waals surface area contributed by atoms with Crippen LogP contribution in [0.15, 0.2) is 48.5 Å². The Kier molecular flexibility index (Phi) is 5.17. The molecule has 1 aliphatic heterocycles.